The van der Waals surface area contributed by atoms with E-state index in [-0.39, 0.29) is 37.3 Å². The van der Waals surface area contributed by atoms with Crippen LogP contribution >= 0.6 is 0 Å². The zero-order valence-corrected chi connectivity index (χ0v) is 21.6. The van der Waals surface area contributed by atoms with Gasteiger partial charge in [-0.15, -0.1) is 0 Å². The number of benzene rings is 2. The summed E-state index contributed by atoms with van der Waals surface area (Å²) < 4.78 is 32.9. The number of carbonyl (C=O) groups excluding carboxylic acids is 2. The molecule has 1 aliphatic rings. The van der Waals surface area contributed by atoms with Crippen molar-refractivity contribution in [3.8, 4) is 0 Å². The number of aliphatic hydroxyl groups excluding tert-OH is 2. The first kappa shape index (κ1) is 28.4. The van der Waals surface area contributed by atoms with Crippen LogP contribution in [-0.4, -0.2) is 64.3 Å². The second-order valence-electron chi connectivity index (χ2n) is 9.81. The molecule has 0 radical (unpaired) electrons. The van der Waals surface area contributed by atoms with Crippen molar-refractivity contribution >= 4 is 11.8 Å². The molecule has 4 N–H and O–H groups in total. The summed E-state index contributed by atoms with van der Waals surface area (Å²) in [5, 5.41) is 27.2. The summed E-state index contributed by atoms with van der Waals surface area (Å²) in [6, 6.07) is 12.1. The van der Waals surface area contributed by atoms with Crippen molar-refractivity contribution < 1.29 is 33.0 Å². The van der Waals surface area contributed by atoms with E-state index in [2.05, 4.69) is 23.6 Å². The van der Waals surface area contributed by atoms with Gasteiger partial charge in [-0.05, 0) is 53.8 Å². The van der Waals surface area contributed by atoms with Gasteiger partial charge >= 0.3 is 0 Å². The maximum atomic E-state index is 13.9. The minimum Gasteiger partial charge on any atom is -0.459 e. The van der Waals surface area contributed by atoms with Crippen molar-refractivity contribution in [2.45, 2.75) is 57.0 Å². The zero-order valence-electron chi connectivity index (χ0n) is 21.6. The summed E-state index contributed by atoms with van der Waals surface area (Å²) in [5.41, 5.74) is 2.46. The number of likely N-dealkylation sites (tertiary alicyclic amines) is 1. The molecule has 0 saturated carbocycles. The molecule has 208 valence electrons. The monoisotopic (exact) mass is 541 g/mol. The molecule has 39 heavy (non-hydrogen) atoms. The van der Waals surface area contributed by atoms with Crippen molar-refractivity contribution in [2.24, 2.45) is 0 Å². The van der Waals surface area contributed by atoms with E-state index in [1.807, 2.05) is 18.2 Å². The van der Waals surface area contributed by atoms with Gasteiger partial charge in [0.05, 0.1) is 24.5 Å². The van der Waals surface area contributed by atoms with Gasteiger partial charge in [0, 0.05) is 32.1 Å². The van der Waals surface area contributed by atoms with Gasteiger partial charge in [0.2, 0.25) is 5.91 Å². The maximum absolute atomic E-state index is 13.9. The fraction of sp³-hybridized carbons (Fsp3) is 0.379. The predicted octanol–water partition coefficient (Wildman–Crippen LogP) is 2.57. The maximum Gasteiger partial charge on any atom is 0.290 e. The molecule has 10 heteroatoms. The van der Waals surface area contributed by atoms with Gasteiger partial charge < -0.3 is 30.2 Å². The Hall–Kier alpha value is -3.60. The highest BCUT2D eigenvalue weighted by Crippen LogP contribution is 2.22. The molecule has 3 aromatic rings. The smallest absolute Gasteiger partial charge is 0.290 e. The van der Waals surface area contributed by atoms with E-state index >= 15 is 0 Å². The fourth-order valence-electron chi connectivity index (χ4n) is 4.84. The largest absolute Gasteiger partial charge is 0.459 e. The van der Waals surface area contributed by atoms with Gasteiger partial charge in [-0.25, -0.2) is 8.78 Å². The minimum absolute atomic E-state index is 0.00170. The van der Waals surface area contributed by atoms with Crippen molar-refractivity contribution in [3.05, 3.63) is 94.9 Å². The number of aryl methyl sites for hydroxylation is 1. The minimum atomic E-state index is -1.13. The molecule has 1 unspecified atom stereocenters. The number of nitrogens with zero attached hydrogens (tertiary/aromatic N) is 1. The highest BCUT2D eigenvalue weighted by molar-refractivity contribution is 5.96. The van der Waals surface area contributed by atoms with Gasteiger partial charge in [-0.2, -0.15) is 0 Å². The van der Waals surface area contributed by atoms with Crippen LogP contribution < -0.4 is 10.6 Å². The lowest BCUT2D eigenvalue weighted by Crippen LogP contribution is -2.54. The Balaban J connectivity index is 1.47. The van der Waals surface area contributed by atoms with Crippen LogP contribution in [-0.2, 0) is 24.2 Å². The summed E-state index contributed by atoms with van der Waals surface area (Å²) in [5.74, 6) is -2.65. The van der Waals surface area contributed by atoms with Crippen LogP contribution in [0.5, 0.6) is 0 Å². The Bertz CT molecular complexity index is 1250. The molecule has 1 aliphatic heterocycles. The highest BCUT2D eigenvalue weighted by Gasteiger charge is 2.41. The second-order valence-corrected chi connectivity index (χ2v) is 9.81. The normalized spacial score (nSPS) is 18.6. The van der Waals surface area contributed by atoms with E-state index in [4.69, 9.17) is 4.42 Å². The van der Waals surface area contributed by atoms with E-state index in [1.54, 1.807) is 6.07 Å². The molecular weight excluding hydrogens is 508 g/mol. The van der Waals surface area contributed by atoms with Gasteiger partial charge in [-0.3, -0.25) is 9.59 Å². The number of aliphatic hydroxyl groups is 2. The standard InChI is InChI=1S/C29H33F2N3O5/c1-2-18-5-3-6-19(9-18)15-32-16-26(36)24(12-20-10-21(30)13-22(31)11-20)33-28(37)25-14-23(35)17-34(25)29(38)27-7-4-8-39-27/h3-11,13,23-26,32,35-36H,2,12,14-17H2,1H3,(H,33,37)/t23?,24-,25-,26+/m0/s1. The first-order chi connectivity index (χ1) is 18.7. The SMILES string of the molecule is CCc1cccc(CNC[C@@H](O)[C@H](Cc2cc(F)cc(F)c2)NC(=O)[C@@H]2CC(O)CN2C(=O)c2ccco2)c1. The van der Waals surface area contributed by atoms with Crippen LogP contribution in [0.3, 0.4) is 0 Å². The van der Waals surface area contributed by atoms with E-state index in [9.17, 15) is 28.6 Å². The van der Waals surface area contributed by atoms with Crippen molar-refractivity contribution in [2.75, 3.05) is 13.1 Å². The van der Waals surface area contributed by atoms with Crippen molar-refractivity contribution in [1.82, 2.24) is 15.5 Å². The quantitative estimate of drug-likeness (QED) is 0.297. The average Bonchev–Trinajstić information content (AvgIpc) is 3.57. The molecule has 4 atom stereocenters. The molecule has 0 aliphatic carbocycles. The van der Waals surface area contributed by atoms with Crippen LogP contribution in [0.4, 0.5) is 8.78 Å². The highest BCUT2D eigenvalue weighted by atomic mass is 19.1. The van der Waals surface area contributed by atoms with Crippen LogP contribution in [0.2, 0.25) is 0 Å². The molecule has 2 heterocycles. The fourth-order valence-corrected chi connectivity index (χ4v) is 4.84. The molecule has 0 bridgehead atoms. The number of furan rings is 1. The van der Waals surface area contributed by atoms with Gasteiger partial charge in [-0.1, -0.05) is 31.2 Å². The molecule has 1 aromatic heterocycles. The van der Waals surface area contributed by atoms with Crippen LogP contribution in [0.1, 0.15) is 40.6 Å². The molecule has 2 aromatic carbocycles. The summed E-state index contributed by atoms with van der Waals surface area (Å²) in [6.07, 6.45) is 0.128. The van der Waals surface area contributed by atoms with Crippen LogP contribution in [0.25, 0.3) is 0 Å². The number of halogens is 2. The Kier molecular flexibility index (Phi) is 9.45. The Morgan fingerprint density at radius 1 is 1.08 bits per heavy atom. The molecule has 1 saturated heterocycles. The Morgan fingerprint density at radius 2 is 1.82 bits per heavy atom. The Labute approximate surface area is 225 Å². The Morgan fingerprint density at radius 3 is 2.51 bits per heavy atom. The zero-order chi connectivity index (χ0) is 27.9. The lowest BCUT2D eigenvalue weighted by Gasteiger charge is -2.29. The summed E-state index contributed by atoms with van der Waals surface area (Å²) in [4.78, 5) is 27.5. The first-order valence-corrected chi connectivity index (χ1v) is 13.0. The number of amides is 2. The third-order valence-corrected chi connectivity index (χ3v) is 6.83. The summed E-state index contributed by atoms with van der Waals surface area (Å²) in [7, 11) is 0. The van der Waals surface area contributed by atoms with Crippen LogP contribution in [0, 0.1) is 11.6 Å². The molecule has 4 rings (SSSR count). The lowest BCUT2D eigenvalue weighted by molar-refractivity contribution is -0.126. The summed E-state index contributed by atoms with van der Waals surface area (Å²) >= 11 is 0. The third-order valence-electron chi connectivity index (χ3n) is 6.83. The third kappa shape index (κ3) is 7.50. The van der Waals surface area contributed by atoms with Gasteiger partial charge in [0.25, 0.3) is 5.91 Å². The summed E-state index contributed by atoms with van der Waals surface area (Å²) in [6.45, 7) is 2.56. The van der Waals surface area contributed by atoms with Gasteiger partial charge in [0.15, 0.2) is 5.76 Å². The second kappa shape index (κ2) is 13.0. The van der Waals surface area contributed by atoms with E-state index in [0.29, 0.717) is 6.54 Å². The van der Waals surface area contributed by atoms with Crippen LogP contribution in [0.15, 0.2) is 65.3 Å². The first-order valence-electron chi connectivity index (χ1n) is 13.0. The number of rotatable bonds is 11. The molecule has 8 nitrogen and oxygen atoms in total. The predicted molar refractivity (Wildman–Crippen MR) is 140 cm³/mol. The number of carbonyl (C=O) groups is 2. The number of hydrogen-bond acceptors (Lipinski definition) is 6. The molecular formula is C29H33F2N3O5. The van der Waals surface area contributed by atoms with Gasteiger partial charge in [0.1, 0.15) is 17.7 Å². The topological polar surface area (TPSA) is 115 Å². The average molecular weight is 542 g/mol. The van der Waals surface area contributed by atoms with E-state index in [0.717, 1.165) is 30.2 Å². The number of hydrogen-bond donors (Lipinski definition) is 4. The van der Waals surface area contributed by atoms with E-state index < -0.39 is 47.7 Å². The lowest BCUT2D eigenvalue weighted by atomic mass is 9.99. The van der Waals surface area contributed by atoms with E-state index in [1.165, 1.54) is 22.8 Å². The number of β-amino-alcohol motifs (C(OH)–C–C–N with tert-alkyl or cyclic N) is 1. The molecule has 0 spiro atoms. The molecule has 2 amide bonds. The number of nitrogens with one attached hydrogen (secondary N) is 2. The van der Waals surface area contributed by atoms with Crippen molar-refractivity contribution in [1.29, 1.82) is 0 Å². The van der Waals surface area contributed by atoms with Crippen molar-refractivity contribution in [3.63, 3.8) is 0 Å². The molecule has 1 fully saturated rings.